The number of halogens is 1. The zero-order chi connectivity index (χ0) is 34.1. The molecule has 1 amide bonds. The van der Waals surface area contributed by atoms with E-state index in [0.29, 0.717) is 25.2 Å². The summed E-state index contributed by atoms with van der Waals surface area (Å²) in [5.74, 6) is -2.39. The van der Waals surface area contributed by atoms with E-state index < -0.39 is 72.7 Å². The molecule has 0 aromatic rings. The summed E-state index contributed by atoms with van der Waals surface area (Å²) in [5, 5.41) is 41.8. The van der Waals surface area contributed by atoms with Crippen molar-refractivity contribution in [2.75, 3.05) is 0 Å². The summed E-state index contributed by atoms with van der Waals surface area (Å²) in [7, 11) is 0. The standard InChI is InChI=1S/C34H50ClNO9/c1-6-7-15-29(45-34(36)43)24(5)27(38)20-28(39)33(42)32(41)23(4)25(35)14-10-8-12-21(2)13-9-11-16-31(40)44-30-19-22(3)17-18-26(30)37/h7-16,22-24,26-27,29-30,32-33,37-38,41-42H,6,17-20H2,1-5H3,(H2,36,43)/b10-8+,13-9+,15-7+,16-11+,21-12+,25-14-/t22-,23-,24+,26-,27-,29-,30-,32-,33-/m1/s1. The van der Waals surface area contributed by atoms with Crippen LogP contribution in [0, 0.1) is 17.8 Å². The van der Waals surface area contributed by atoms with Gasteiger partial charge in [0, 0.05) is 29.4 Å². The molecule has 0 aromatic heterocycles. The van der Waals surface area contributed by atoms with Crippen molar-refractivity contribution in [1.29, 1.82) is 0 Å². The highest BCUT2D eigenvalue weighted by molar-refractivity contribution is 6.30. The van der Waals surface area contributed by atoms with Crippen LogP contribution in [-0.2, 0) is 19.1 Å². The first-order valence-electron chi connectivity index (χ1n) is 15.3. The third kappa shape index (κ3) is 15.2. The first kappa shape index (κ1) is 40.0. The van der Waals surface area contributed by atoms with Gasteiger partial charge in [-0.1, -0.05) is 87.4 Å². The van der Waals surface area contributed by atoms with Crippen molar-refractivity contribution < 1.29 is 44.3 Å². The van der Waals surface area contributed by atoms with Crippen LogP contribution in [0.25, 0.3) is 0 Å². The Morgan fingerprint density at radius 1 is 1.02 bits per heavy atom. The fourth-order valence-corrected chi connectivity index (χ4v) is 4.82. The lowest BCUT2D eigenvalue weighted by molar-refractivity contribution is -0.152. The monoisotopic (exact) mass is 651 g/mol. The van der Waals surface area contributed by atoms with Gasteiger partial charge in [-0.3, -0.25) is 4.79 Å². The number of allylic oxidation sites excluding steroid dienone is 9. The summed E-state index contributed by atoms with van der Waals surface area (Å²) in [4.78, 5) is 35.9. The molecule has 6 N–H and O–H groups in total. The Morgan fingerprint density at radius 2 is 1.67 bits per heavy atom. The number of nitrogens with two attached hydrogens (primary N) is 1. The number of esters is 1. The molecular formula is C34H50ClNO9. The Bertz CT molecular complexity index is 1140. The Hall–Kier alpha value is -3.02. The Morgan fingerprint density at radius 3 is 2.31 bits per heavy atom. The van der Waals surface area contributed by atoms with Gasteiger partial charge in [0.1, 0.15) is 18.3 Å². The summed E-state index contributed by atoms with van der Waals surface area (Å²) < 4.78 is 10.4. The topological polar surface area (TPSA) is 177 Å². The largest absolute Gasteiger partial charge is 0.456 e. The lowest BCUT2D eigenvalue weighted by atomic mass is 9.86. The summed E-state index contributed by atoms with van der Waals surface area (Å²) in [6.07, 6.45) is 11.1. The first-order valence-corrected chi connectivity index (χ1v) is 15.7. The van der Waals surface area contributed by atoms with Crippen LogP contribution in [-0.4, -0.2) is 74.9 Å². The predicted molar refractivity (Wildman–Crippen MR) is 174 cm³/mol. The van der Waals surface area contributed by atoms with Crippen LogP contribution in [0.4, 0.5) is 4.79 Å². The van der Waals surface area contributed by atoms with Crippen LogP contribution in [0.3, 0.4) is 0 Å². The Kier molecular flexibility index (Phi) is 18.6. The number of aliphatic hydroxyl groups is 4. The van der Waals surface area contributed by atoms with Gasteiger partial charge in [0.25, 0.3) is 0 Å². The number of aliphatic hydroxyl groups excluding tert-OH is 4. The minimum atomic E-state index is -1.80. The highest BCUT2D eigenvalue weighted by atomic mass is 35.5. The summed E-state index contributed by atoms with van der Waals surface area (Å²) in [5.41, 5.74) is 5.97. The number of hydrogen-bond acceptors (Lipinski definition) is 9. The second-order valence-corrected chi connectivity index (χ2v) is 12.0. The molecule has 11 heteroatoms. The quantitative estimate of drug-likeness (QED) is 0.0653. The minimum absolute atomic E-state index is 0.194. The van der Waals surface area contributed by atoms with Crippen LogP contribution >= 0.6 is 11.6 Å². The third-order valence-corrected chi connectivity index (χ3v) is 8.13. The summed E-state index contributed by atoms with van der Waals surface area (Å²) in [6.45, 7) is 8.93. The summed E-state index contributed by atoms with van der Waals surface area (Å²) >= 11 is 6.31. The van der Waals surface area contributed by atoms with Gasteiger partial charge < -0.3 is 35.6 Å². The average Bonchev–Trinajstić information content (AvgIpc) is 2.99. The molecule has 1 aliphatic rings. The van der Waals surface area contributed by atoms with E-state index in [9.17, 15) is 34.8 Å². The van der Waals surface area contributed by atoms with Crippen molar-refractivity contribution in [1.82, 2.24) is 0 Å². The molecule has 9 atom stereocenters. The smallest absolute Gasteiger partial charge is 0.405 e. The number of primary amides is 1. The van der Waals surface area contributed by atoms with E-state index in [0.717, 1.165) is 12.0 Å². The van der Waals surface area contributed by atoms with Gasteiger partial charge in [0.15, 0.2) is 5.78 Å². The van der Waals surface area contributed by atoms with Crippen LogP contribution < -0.4 is 5.73 Å². The number of Topliss-reactive ketones (excluding diaryl/α,β-unsaturated/α-hetero) is 1. The molecule has 1 fully saturated rings. The molecule has 0 bridgehead atoms. The number of ether oxygens (including phenoxy) is 2. The molecule has 10 nitrogen and oxygen atoms in total. The van der Waals surface area contributed by atoms with E-state index in [4.69, 9.17) is 26.8 Å². The predicted octanol–water partition coefficient (Wildman–Crippen LogP) is 4.56. The molecule has 0 spiro atoms. The van der Waals surface area contributed by atoms with E-state index in [1.807, 2.05) is 13.8 Å². The Balaban J connectivity index is 2.64. The van der Waals surface area contributed by atoms with E-state index in [2.05, 4.69) is 6.92 Å². The zero-order valence-corrected chi connectivity index (χ0v) is 27.5. The molecule has 0 radical (unpaired) electrons. The molecule has 252 valence electrons. The maximum Gasteiger partial charge on any atom is 0.405 e. The van der Waals surface area contributed by atoms with Gasteiger partial charge in [-0.15, -0.1) is 0 Å². The molecular weight excluding hydrogens is 602 g/mol. The second kappa shape index (κ2) is 20.9. The minimum Gasteiger partial charge on any atom is -0.456 e. The van der Waals surface area contributed by atoms with Gasteiger partial charge in [-0.25, -0.2) is 9.59 Å². The third-order valence-electron chi connectivity index (χ3n) is 7.66. The molecule has 0 saturated heterocycles. The van der Waals surface area contributed by atoms with Crippen LogP contribution in [0.15, 0.2) is 71.4 Å². The highest BCUT2D eigenvalue weighted by Crippen LogP contribution is 2.27. The van der Waals surface area contributed by atoms with Crippen molar-refractivity contribution in [3.63, 3.8) is 0 Å². The first-order chi connectivity index (χ1) is 21.2. The number of amides is 1. The molecule has 45 heavy (non-hydrogen) atoms. The van der Waals surface area contributed by atoms with Crippen LogP contribution in [0.5, 0.6) is 0 Å². The van der Waals surface area contributed by atoms with E-state index in [1.165, 1.54) is 12.2 Å². The maximum atomic E-state index is 12.6. The van der Waals surface area contributed by atoms with E-state index in [1.54, 1.807) is 62.5 Å². The van der Waals surface area contributed by atoms with Crippen molar-refractivity contribution in [2.24, 2.45) is 23.5 Å². The number of ketones is 1. The number of carbonyl (C=O) groups is 3. The number of carbonyl (C=O) groups excluding carboxylic acids is 3. The number of rotatable bonds is 17. The van der Waals surface area contributed by atoms with Gasteiger partial charge in [0.05, 0.1) is 18.3 Å². The van der Waals surface area contributed by atoms with Crippen molar-refractivity contribution >= 4 is 29.4 Å². The van der Waals surface area contributed by atoms with Gasteiger partial charge in [-0.2, -0.15) is 0 Å². The molecule has 0 aliphatic heterocycles. The van der Waals surface area contributed by atoms with Crippen molar-refractivity contribution in [3.8, 4) is 0 Å². The highest BCUT2D eigenvalue weighted by Gasteiger charge is 2.34. The van der Waals surface area contributed by atoms with E-state index >= 15 is 0 Å². The average molecular weight is 652 g/mol. The second-order valence-electron chi connectivity index (χ2n) is 11.6. The molecule has 1 rings (SSSR count). The van der Waals surface area contributed by atoms with Gasteiger partial charge in [-0.05, 0) is 50.7 Å². The fraction of sp³-hybridized carbons (Fsp3) is 0.559. The molecule has 1 aliphatic carbocycles. The summed E-state index contributed by atoms with van der Waals surface area (Å²) in [6, 6.07) is 0. The Labute approximate surface area is 271 Å². The lowest BCUT2D eigenvalue weighted by Crippen LogP contribution is -2.42. The maximum absolute atomic E-state index is 12.6. The normalized spacial score (nSPS) is 24.1. The van der Waals surface area contributed by atoms with Crippen molar-refractivity contribution in [2.45, 2.75) is 103 Å². The molecule has 0 aromatic carbocycles. The molecule has 0 unspecified atom stereocenters. The molecule has 0 heterocycles. The lowest BCUT2D eigenvalue weighted by Gasteiger charge is -2.30. The molecule has 1 saturated carbocycles. The van der Waals surface area contributed by atoms with Crippen LogP contribution in [0.2, 0.25) is 0 Å². The van der Waals surface area contributed by atoms with Crippen LogP contribution in [0.1, 0.15) is 66.7 Å². The van der Waals surface area contributed by atoms with Crippen molar-refractivity contribution in [3.05, 3.63) is 71.4 Å². The zero-order valence-electron chi connectivity index (χ0n) is 26.8. The number of hydrogen-bond donors (Lipinski definition) is 5. The van der Waals surface area contributed by atoms with Gasteiger partial charge in [0.2, 0.25) is 0 Å². The fourth-order valence-electron chi connectivity index (χ4n) is 4.62. The van der Waals surface area contributed by atoms with Gasteiger partial charge >= 0.3 is 12.1 Å². The SMILES string of the molecule is CC/C=C/[C@@H](OC(N)=O)[C@@H](C)[C@H](O)CC(=O)[C@@H](O)[C@H](O)[C@H](C)/C(Cl)=C/C=C/C=C(C)/C=C/C=C/C(=O)O[C@@H]1C[C@H](C)CC[C@H]1O. The van der Waals surface area contributed by atoms with E-state index in [-0.39, 0.29) is 5.03 Å².